The highest BCUT2D eigenvalue weighted by molar-refractivity contribution is 4.91. The molecule has 2 nitrogen and oxygen atoms in total. The van der Waals surface area contributed by atoms with Gasteiger partial charge in [-0.25, -0.2) is 0 Å². The van der Waals surface area contributed by atoms with Gasteiger partial charge >= 0.3 is 0 Å². The Bertz CT molecular complexity index is 219. The molecule has 3 unspecified atom stereocenters. The van der Waals surface area contributed by atoms with Crippen molar-refractivity contribution in [3.63, 3.8) is 0 Å². The van der Waals surface area contributed by atoms with E-state index in [1.807, 2.05) is 0 Å². The molecule has 1 saturated carbocycles. The maximum Gasteiger partial charge on any atom is 0.0111 e. The smallest absolute Gasteiger partial charge is 0.0111 e. The summed E-state index contributed by atoms with van der Waals surface area (Å²) in [6.45, 7) is 9.74. The zero-order valence-corrected chi connectivity index (χ0v) is 10.5. The summed E-state index contributed by atoms with van der Waals surface area (Å²) in [6, 6.07) is 1.27. The molecule has 2 aliphatic rings. The highest BCUT2D eigenvalue weighted by Crippen LogP contribution is 2.36. The second-order valence-electron chi connectivity index (χ2n) is 6.57. The molecule has 1 heterocycles. The van der Waals surface area contributed by atoms with Gasteiger partial charge in [0.05, 0.1) is 0 Å². The van der Waals surface area contributed by atoms with Crippen LogP contribution in [0.25, 0.3) is 0 Å². The predicted molar refractivity (Wildman–Crippen MR) is 64.7 cm³/mol. The van der Waals surface area contributed by atoms with Crippen LogP contribution in [0.3, 0.4) is 0 Å². The van der Waals surface area contributed by atoms with Crippen molar-refractivity contribution in [2.75, 3.05) is 13.1 Å². The molecule has 1 aliphatic heterocycles. The molecule has 2 heteroatoms. The van der Waals surface area contributed by atoms with Crippen LogP contribution in [-0.4, -0.2) is 30.1 Å². The van der Waals surface area contributed by atoms with Crippen LogP contribution in [0.2, 0.25) is 0 Å². The molecule has 0 amide bonds. The molecular weight excluding hydrogens is 184 g/mol. The summed E-state index contributed by atoms with van der Waals surface area (Å²) in [7, 11) is 0. The Kier molecular flexibility index (Phi) is 3.09. The van der Waals surface area contributed by atoms with E-state index in [1.165, 1.54) is 38.8 Å². The van der Waals surface area contributed by atoms with Gasteiger partial charge in [-0.1, -0.05) is 20.8 Å². The van der Waals surface area contributed by atoms with E-state index >= 15 is 0 Å². The minimum absolute atomic E-state index is 0.476. The molecule has 0 aromatic carbocycles. The van der Waals surface area contributed by atoms with E-state index in [9.17, 15) is 0 Å². The molecule has 0 bridgehead atoms. The molecule has 0 spiro atoms. The summed E-state index contributed by atoms with van der Waals surface area (Å²) in [5, 5.41) is 0. The molecule has 0 radical (unpaired) electrons. The summed E-state index contributed by atoms with van der Waals surface area (Å²) in [5.74, 6) is 0.884. The van der Waals surface area contributed by atoms with Crippen molar-refractivity contribution in [1.29, 1.82) is 0 Å². The summed E-state index contributed by atoms with van der Waals surface area (Å²) in [5.41, 5.74) is 6.47. The van der Waals surface area contributed by atoms with Gasteiger partial charge in [0.15, 0.2) is 0 Å². The lowest BCUT2D eigenvalue weighted by molar-refractivity contribution is 0.195. The predicted octanol–water partition coefficient (Wildman–Crippen LogP) is 2.23. The molecular formula is C13H26N2. The summed E-state index contributed by atoms with van der Waals surface area (Å²) < 4.78 is 0. The second kappa shape index (κ2) is 4.06. The van der Waals surface area contributed by atoms with E-state index in [-0.39, 0.29) is 0 Å². The van der Waals surface area contributed by atoms with Crippen LogP contribution < -0.4 is 5.73 Å². The monoisotopic (exact) mass is 210 g/mol. The third-order valence-electron chi connectivity index (χ3n) is 4.41. The molecule has 1 aliphatic carbocycles. The summed E-state index contributed by atoms with van der Waals surface area (Å²) in [4.78, 5) is 2.70. The van der Waals surface area contributed by atoms with Crippen LogP contribution in [0.1, 0.15) is 46.5 Å². The number of likely N-dealkylation sites (tertiary alicyclic amines) is 1. The lowest BCUT2D eigenvalue weighted by Gasteiger charge is -2.29. The van der Waals surface area contributed by atoms with Crippen LogP contribution in [0, 0.1) is 11.3 Å². The fraction of sp³-hybridized carbons (Fsp3) is 1.00. The van der Waals surface area contributed by atoms with Gasteiger partial charge in [0.1, 0.15) is 0 Å². The van der Waals surface area contributed by atoms with Crippen LogP contribution in [0.5, 0.6) is 0 Å². The van der Waals surface area contributed by atoms with Crippen molar-refractivity contribution in [2.45, 2.75) is 58.5 Å². The van der Waals surface area contributed by atoms with Gasteiger partial charge in [0.25, 0.3) is 0 Å². The average molecular weight is 210 g/mol. The topological polar surface area (TPSA) is 29.3 Å². The van der Waals surface area contributed by atoms with E-state index in [0.717, 1.165) is 12.0 Å². The van der Waals surface area contributed by atoms with Crippen molar-refractivity contribution < 1.29 is 0 Å². The summed E-state index contributed by atoms with van der Waals surface area (Å²) >= 11 is 0. The van der Waals surface area contributed by atoms with E-state index in [0.29, 0.717) is 11.5 Å². The fourth-order valence-corrected chi connectivity index (χ4v) is 3.15. The van der Waals surface area contributed by atoms with Crippen LogP contribution in [-0.2, 0) is 0 Å². The Morgan fingerprint density at radius 2 is 1.87 bits per heavy atom. The Balaban J connectivity index is 1.87. The summed E-state index contributed by atoms with van der Waals surface area (Å²) in [6.07, 6.45) is 5.19. The quantitative estimate of drug-likeness (QED) is 0.719. The number of nitrogens with zero attached hydrogens (tertiary/aromatic N) is 1. The molecule has 15 heavy (non-hydrogen) atoms. The van der Waals surface area contributed by atoms with Gasteiger partial charge < -0.3 is 10.6 Å². The first-order chi connectivity index (χ1) is 6.97. The largest absolute Gasteiger partial charge is 0.328 e. The van der Waals surface area contributed by atoms with Gasteiger partial charge in [-0.05, 0) is 43.6 Å². The first-order valence-electron chi connectivity index (χ1n) is 6.46. The average Bonchev–Trinajstić information content (AvgIpc) is 2.69. The third-order valence-corrected chi connectivity index (χ3v) is 4.41. The normalized spacial score (nSPS) is 38.8. The van der Waals surface area contributed by atoms with Crippen molar-refractivity contribution in [3.05, 3.63) is 0 Å². The highest BCUT2D eigenvalue weighted by atomic mass is 15.2. The Hall–Kier alpha value is -0.0800. The molecule has 3 atom stereocenters. The molecule has 0 aromatic rings. The maximum atomic E-state index is 5.99. The Morgan fingerprint density at radius 3 is 2.33 bits per heavy atom. The molecule has 2 rings (SSSR count). The Morgan fingerprint density at radius 1 is 1.13 bits per heavy atom. The standard InChI is InChI=1S/C13H26N2/c1-13(2,3)10-6-7-15(9-10)12-5-4-11(14)8-12/h10-12H,4-9,14H2,1-3H3. The first-order valence-corrected chi connectivity index (χ1v) is 6.46. The van der Waals surface area contributed by atoms with Crippen molar-refractivity contribution in [1.82, 2.24) is 4.90 Å². The minimum atomic E-state index is 0.476. The molecule has 2 N–H and O–H groups in total. The molecule has 2 fully saturated rings. The lowest BCUT2D eigenvalue weighted by Crippen LogP contribution is -2.34. The Labute approximate surface area is 94.2 Å². The maximum absolute atomic E-state index is 5.99. The van der Waals surface area contributed by atoms with E-state index in [2.05, 4.69) is 25.7 Å². The third kappa shape index (κ3) is 2.54. The van der Waals surface area contributed by atoms with Gasteiger partial charge in [-0.2, -0.15) is 0 Å². The second-order valence-corrected chi connectivity index (χ2v) is 6.57. The number of hydrogen-bond acceptors (Lipinski definition) is 2. The fourth-order valence-electron chi connectivity index (χ4n) is 3.15. The van der Waals surface area contributed by atoms with Crippen LogP contribution >= 0.6 is 0 Å². The highest BCUT2D eigenvalue weighted by Gasteiger charge is 2.36. The van der Waals surface area contributed by atoms with Crippen molar-refractivity contribution in [2.24, 2.45) is 17.1 Å². The molecule has 88 valence electrons. The van der Waals surface area contributed by atoms with E-state index < -0.39 is 0 Å². The molecule has 1 saturated heterocycles. The van der Waals surface area contributed by atoms with Crippen molar-refractivity contribution >= 4 is 0 Å². The van der Waals surface area contributed by atoms with Gasteiger partial charge in [-0.15, -0.1) is 0 Å². The zero-order chi connectivity index (χ0) is 11.1. The van der Waals surface area contributed by atoms with Crippen molar-refractivity contribution in [3.8, 4) is 0 Å². The van der Waals surface area contributed by atoms with E-state index in [1.54, 1.807) is 0 Å². The minimum Gasteiger partial charge on any atom is -0.328 e. The SMILES string of the molecule is CC(C)(C)C1CCN(C2CCC(N)C2)C1. The van der Waals surface area contributed by atoms with Gasteiger partial charge in [-0.3, -0.25) is 0 Å². The number of hydrogen-bond donors (Lipinski definition) is 1. The van der Waals surface area contributed by atoms with Gasteiger partial charge in [0.2, 0.25) is 0 Å². The number of rotatable bonds is 1. The van der Waals surface area contributed by atoms with Crippen LogP contribution in [0.4, 0.5) is 0 Å². The van der Waals surface area contributed by atoms with E-state index in [4.69, 9.17) is 5.73 Å². The number of nitrogens with two attached hydrogens (primary N) is 1. The molecule has 0 aromatic heterocycles. The van der Waals surface area contributed by atoms with Gasteiger partial charge in [0, 0.05) is 18.6 Å². The first kappa shape index (κ1) is 11.4. The lowest BCUT2D eigenvalue weighted by atomic mass is 9.80. The zero-order valence-electron chi connectivity index (χ0n) is 10.5. The van der Waals surface area contributed by atoms with Crippen LogP contribution in [0.15, 0.2) is 0 Å².